The molecule has 2 aromatic rings. The predicted octanol–water partition coefficient (Wildman–Crippen LogP) is 8.65. The molecule has 0 bridgehead atoms. The zero-order chi connectivity index (χ0) is 26.3. The third-order valence-electron chi connectivity index (χ3n) is 6.85. The van der Waals surface area contributed by atoms with E-state index in [4.69, 9.17) is 0 Å². The lowest BCUT2D eigenvalue weighted by molar-refractivity contribution is 0.0693. The van der Waals surface area contributed by atoms with Crippen molar-refractivity contribution in [3.05, 3.63) is 53.4 Å². The Morgan fingerprint density at radius 2 is 1.64 bits per heavy atom. The first-order valence-electron chi connectivity index (χ1n) is 13.7. The zero-order valence-electron chi connectivity index (χ0n) is 23.1. The van der Waals surface area contributed by atoms with Crippen molar-refractivity contribution in [2.45, 2.75) is 110 Å². The summed E-state index contributed by atoms with van der Waals surface area (Å²) in [6.45, 7) is 12.4. The van der Waals surface area contributed by atoms with Gasteiger partial charge < -0.3 is 5.11 Å². The predicted molar refractivity (Wildman–Crippen MR) is 151 cm³/mol. The second-order valence-electron chi connectivity index (χ2n) is 10.9. The maximum absolute atomic E-state index is 11.4. The summed E-state index contributed by atoms with van der Waals surface area (Å²) in [6, 6.07) is 7.07. The highest BCUT2D eigenvalue weighted by atomic mass is 32.2. The van der Waals surface area contributed by atoms with Crippen LogP contribution in [0.3, 0.4) is 0 Å². The summed E-state index contributed by atoms with van der Waals surface area (Å²) in [5.41, 5.74) is 2.59. The van der Waals surface area contributed by atoms with Crippen molar-refractivity contribution < 1.29 is 9.90 Å². The number of thioether (sulfide) groups is 1. The van der Waals surface area contributed by atoms with E-state index in [1.807, 2.05) is 23.0 Å². The topological polar surface area (TPSA) is 68.0 Å². The Labute approximate surface area is 223 Å². The number of carboxylic acid groups (broad SMARTS) is 1. The Kier molecular flexibility index (Phi) is 13.9. The maximum Gasteiger partial charge on any atom is 0.336 e. The first kappa shape index (κ1) is 30.1. The minimum absolute atomic E-state index is 0.328. The molecule has 0 radical (unpaired) electrons. The molecule has 0 amide bonds. The van der Waals surface area contributed by atoms with Crippen LogP contribution in [0.5, 0.6) is 0 Å². The van der Waals surface area contributed by atoms with Gasteiger partial charge in [0.05, 0.1) is 17.8 Å². The molecule has 36 heavy (non-hydrogen) atoms. The van der Waals surface area contributed by atoms with Gasteiger partial charge in [-0.3, -0.25) is 0 Å². The molecular formula is C30H47N3O2S. The van der Waals surface area contributed by atoms with Crippen LogP contribution in [0.15, 0.2) is 47.0 Å². The Bertz CT molecular complexity index is 938. The lowest BCUT2D eigenvalue weighted by atomic mass is 9.91. The molecular weight excluding hydrogens is 466 g/mol. The molecule has 0 saturated heterocycles. The van der Waals surface area contributed by atoms with Crippen LogP contribution in [0.2, 0.25) is 0 Å². The average Bonchev–Trinajstić information content (AvgIpc) is 3.29. The van der Waals surface area contributed by atoms with Crippen LogP contribution in [-0.4, -0.2) is 26.1 Å². The van der Waals surface area contributed by atoms with Crippen LogP contribution in [0.4, 0.5) is 0 Å². The van der Waals surface area contributed by atoms with Crippen molar-refractivity contribution in [2.24, 2.45) is 17.8 Å². The second-order valence-corrected chi connectivity index (χ2v) is 11.9. The fraction of sp³-hybridized carbons (Fsp3) is 0.633. The fourth-order valence-electron chi connectivity index (χ4n) is 4.47. The van der Waals surface area contributed by atoms with Crippen LogP contribution in [0.1, 0.15) is 108 Å². The maximum atomic E-state index is 11.4. The Balaban J connectivity index is 1.62. The zero-order valence-corrected chi connectivity index (χ0v) is 23.9. The molecule has 200 valence electrons. The molecule has 0 saturated carbocycles. The fourth-order valence-corrected chi connectivity index (χ4v) is 5.39. The highest BCUT2D eigenvalue weighted by Gasteiger charge is 2.11. The monoisotopic (exact) mass is 513 g/mol. The van der Waals surface area contributed by atoms with Crippen molar-refractivity contribution in [2.75, 3.05) is 0 Å². The minimum Gasteiger partial charge on any atom is -0.478 e. The smallest absolute Gasteiger partial charge is 0.336 e. The second kappa shape index (κ2) is 16.6. The van der Waals surface area contributed by atoms with Gasteiger partial charge >= 0.3 is 5.97 Å². The Hall–Kier alpha value is -2.08. The molecule has 0 unspecified atom stereocenters. The summed E-state index contributed by atoms with van der Waals surface area (Å²) in [6.07, 6.45) is 16.1. The normalized spacial score (nSPS) is 13.8. The number of benzene rings is 1. The molecule has 1 aromatic carbocycles. The standard InChI is InChI=1S/C30H47N3O2S/c1-23(2)11-8-12-24(3)13-9-14-25(4)15-10-16-26(5)19-20-33-21-27(31-32-33)22-36-29-18-7-6-17-28(29)30(34)35/h6-7,17-19,21,23-25H,8-16,20,22H2,1-5H3,(H,34,35)/b26-19+/t24-,25-/m1/s1. The highest BCUT2D eigenvalue weighted by molar-refractivity contribution is 7.98. The van der Waals surface area contributed by atoms with Gasteiger partial charge in [0.1, 0.15) is 0 Å². The van der Waals surface area contributed by atoms with Crippen molar-refractivity contribution in [1.82, 2.24) is 15.0 Å². The summed E-state index contributed by atoms with van der Waals surface area (Å²) in [5, 5.41) is 17.8. The number of carboxylic acids is 1. The summed E-state index contributed by atoms with van der Waals surface area (Å²) in [7, 11) is 0. The molecule has 1 aromatic heterocycles. The third-order valence-corrected chi connectivity index (χ3v) is 7.95. The molecule has 1 N–H and O–H groups in total. The van der Waals surface area contributed by atoms with Crippen LogP contribution >= 0.6 is 11.8 Å². The summed E-state index contributed by atoms with van der Waals surface area (Å²) < 4.78 is 1.85. The van der Waals surface area contributed by atoms with E-state index in [1.54, 1.807) is 12.1 Å². The number of hydrogen-bond acceptors (Lipinski definition) is 4. The number of hydrogen-bond donors (Lipinski definition) is 1. The van der Waals surface area contributed by atoms with Gasteiger partial charge in [0.25, 0.3) is 0 Å². The van der Waals surface area contributed by atoms with Gasteiger partial charge in [-0.25, -0.2) is 9.48 Å². The van der Waals surface area contributed by atoms with Gasteiger partial charge in [0.15, 0.2) is 0 Å². The number of aromatic nitrogens is 3. The molecule has 0 aliphatic rings. The van der Waals surface area contributed by atoms with Gasteiger partial charge in [-0.2, -0.15) is 0 Å². The van der Waals surface area contributed by atoms with Gasteiger partial charge in [-0.05, 0) is 49.7 Å². The van der Waals surface area contributed by atoms with Crippen LogP contribution < -0.4 is 0 Å². The largest absolute Gasteiger partial charge is 0.478 e. The number of aromatic carboxylic acids is 1. The summed E-state index contributed by atoms with van der Waals surface area (Å²) >= 11 is 1.48. The van der Waals surface area contributed by atoms with Crippen molar-refractivity contribution in [1.29, 1.82) is 0 Å². The molecule has 0 aliphatic carbocycles. The number of rotatable bonds is 18. The SMILES string of the molecule is C/C(=C\Cn1cc(CSc2ccccc2C(=O)O)nn1)CCC[C@H](C)CCC[C@H](C)CCCC(C)C. The Morgan fingerprint density at radius 3 is 2.31 bits per heavy atom. The van der Waals surface area contributed by atoms with E-state index in [0.717, 1.165) is 41.3 Å². The first-order valence-corrected chi connectivity index (χ1v) is 14.7. The van der Waals surface area contributed by atoms with Gasteiger partial charge in [-0.15, -0.1) is 16.9 Å². The van der Waals surface area contributed by atoms with Gasteiger partial charge in [0, 0.05) is 16.8 Å². The van der Waals surface area contributed by atoms with Crippen molar-refractivity contribution in [3.63, 3.8) is 0 Å². The summed E-state index contributed by atoms with van der Waals surface area (Å²) in [4.78, 5) is 12.1. The van der Waals surface area contributed by atoms with Crippen molar-refractivity contribution in [3.8, 4) is 0 Å². The molecule has 0 fully saturated rings. The lowest BCUT2D eigenvalue weighted by Crippen LogP contribution is -2.00. The Morgan fingerprint density at radius 1 is 1.00 bits per heavy atom. The van der Waals surface area contributed by atoms with Gasteiger partial charge in [-0.1, -0.05) is 102 Å². The van der Waals surface area contributed by atoms with E-state index in [9.17, 15) is 9.90 Å². The summed E-state index contributed by atoms with van der Waals surface area (Å²) in [5.74, 6) is 2.21. The van der Waals surface area contributed by atoms with E-state index in [2.05, 4.69) is 51.0 Å². The van der Waals surface area contributed by atoms with E-state index in [0.29, 0.717) is 11.3 Å². The van der Waals surface area contributed by atoms with E-state index < -0.39 is 5.97 Å². The van der Waals surface area contributed by atoms with Crippen LogP contribution in [0, 0.1) is 17.8 Å². The van der Waals surface area contributed by atoms with Crippen molar-refractivity contribution >= 4 is 17.7 Å². The number of nitrogens with zero attached hydrogens (tertiary/aromatic N) is 3. The quantitative estimate of drug-likeness (QED) is 0.159. The molecule has 6 heteroatoms. The lowest BCUT2D eigenvalue weighted by Gasteiger charge is -2.15. The average molecular weight is 514 g/mol. The van der Waals surface area contributed by atoms with Crippen LogP contribution in [-0.2, 0) is 12.3 Å². The molecule has 0 aliphatic heterocycles. The molecule has 1 heterocycles. The number of carbonyl (C=O) groups is 1. The first-order chi connectivity index (χ1) is 17.2. The molecule has 5 nitrogen and oxygen atoms in total. The molecule has 2 atom stereocenters. The number of allylic oxidation sites excluding steroid dienone is 2. The van der Waals surface area contributed by atoms with E-state index in [-0.39, 0.29) is 0 Å². The van der Waals surface area contributed by atoms with E-state index >= 15 is 0 Å². The molecule has 0 spiro atoms. The van der Waals surface area contributed by atoms with Gasteiger partial charge in [0.2, 0.25) is 0 Å². The minimum atomic E-state index is -0.904. The highest BCUT2D eigenvalue weighted by Crippen LogP contribution is 2.26. The van der Waals surface area contributed by atoms with Crippen LogP contribution in [0.25, 0.3) is 0 Å². The van der Waals surface area contributed by atoms with E-state index in [1.165, 1.54) is 68.7 Å². The third kappa shape index (κ3) is 12.2. The molecule has 2 rings (SSSR count).